The normalized spacial score (nSPS) is 11.6. The molecule has 0 spiro atoms. The third-order valence-corrected chi connectivity index (χ3v) is 8.50. The fourth-order valence-electron chi connectivity index (χ4n) is 3.75. The molecule has 178 valence electrons. The lowest BCUT2D eigenvalue weighted by Gasteiger charge is -2.18. The summed E-state index contributed by atoms with van der Waals surface area (Å²) >= 11 is 1.45. The molecule has 2 aromatic carbocycles. The van der Waals surface area contributed by atoms with Crippen molar-refractivity contribution in [3.8, 4) is 5.75 Å². The Balaban J connectivity index is 1.51. The van der Waals surface area contributed by atoms with Crippen LogP contribution in [0.2, 0.25) is 0 Å². The maximum atomic E-state index is 13.2. The topological polar surface area (TPSA) is 89.7 Å². The van der Waals surface area contributed by atoms with Crippen molar-refractivity contribution in [1.29, 1.82) is 0 Å². The predicted octanol–water partition coefficient (Wildman–Crippen LogP) is 5.30. The summed E-state index contributed by atoms with van der Waals surface area (Å²) in [6, 6.07) is 13.9. The Bertz CT molecular complexity index is 1390. The number of rotatable bonds is 9. The molecule has 2 heterocycles. The van der Waals surface area contributed by atoms with Gasteiger partial charge >= 0.3 is 0 Å². The predicted molar refractivity (Wildman–Crippen MR) is 133 cm³/mol. The van der Waals surface area contributed by atoms with Gasteiger partial charge in [-0.2, -0.15) is 0 Å². The zero-order chi connectivity index (χ0) is 24.3. The molecule has 0 unspecified atom stereocenters. The van der Waals surface area contributed by atoms with E-state index in [1.165, 1.54) is 30.6 Å². The second-order valence-electron chi connectivity index (χ2n) is 8.08. The van der Waals surface area contributed by atoms with Crippen LogP contribution in [0.4, 0.5) is 5.13 Å². The summed E-state index contributed by atoms with van der Waals surface area (Å²) in [5.41, 5.74) is 3.06. The molecule has 4 rings (SSSR count). The molecule has 1 amide bonds. The molecule has 0 aliphatic heterocycles. The molecule has 34 heavy (non-hydrogen) atoms. The van der Waals surface area contributed by atoms with Gasteiger partial charge < -0.3 is 9.15 Å². The maximum absolute atomic E-state index is 13.2. The standard InChI is InChI=1S/C25H26N2O5S2/c1-17-14-18(2)24-22(15-17)26-25(33-24)27(16-20-6-4-12-32-20)23(28)7-5-13-34(29,30)21-10-8-19(31-3)9-11-21/h4,6,8-12,14-15H,5,7,13,16H2,1-3H3. The van der Waals surface area contributed by atoms with E-state index < -0.39 is 9.84 Å². The van der Waals surface area contributed by atoms with Gasteiger partial charge in [-0.3, -0.25) is 9.69 Å². The number of hydrogen-bond acceptors (Lipinski definition) is 7. The highest BCUT2D eigenvalue weighted by Crippen LogP contribution is 2.33. The molecule has 0 bridgehead atoms. The number of thiazole rings is 1. The van der Waals surface area contributed by atoms with E-state index >= 15 is 0 Å². The largest absolute Gasteiger partial charge is 0.497 e. The molecule has 0 saturated heterocycles. The van der Waals surface area contributed by atoms with Crippen molar-refractivity contribution in [3.05, 3.63) is 71.7 Å². The molecule has 0 atom stereocenters. The Kier molecular flexibility index (Phi) is 7.04. The first-order chi connectivity index (χ1) is 16.3. The Morgan fingerprint density at radius 2 is 1.91 bits per heavy atom. The van der Waals surface area contributed by atoms with Crippen LogP contribution in [-0.2, 0) is 21.2 Å². The molecular formula is C25H26N2O5S2. The van der Waals surface area contributed by atoms with Crippen LogP contribution in [0.3, 0.4) is 0 Å². The number of nitrogens with zero attached hydrogens (tertiary/aromatic N) is 2. The molecule has 0 N–H and O–H groups in total. The van der Waals surface area contributed by atoms with Crippen molar-refractivity contribution in [2.45, 2.75) is 38.1 Å². The van der Waals surface area contributed by atoms with E-state index in [1.54, 1.807) is 35.4 Å². The summed E-state index contributed by atoms with van der Waals surface area (Å²) in [4.78, 5) is 19.7. The van der Waals surface area contributed by atoms with Gasteiger partial charge in [0.1, 0.15) is 11.5 Å². The number of ether oxygens (including phenoxy) is 1. The smallest absolute Gasteiger partial charge is 0.229 e. The van der Waals surface area contributed by atoms with Gasteiger partial charge in [-0.25, -0.2) is 13.4 Å². The first-order valence-electron chi connectivity index (χ1n) is 10.8. The van der Waals surface area contributed by atoms with Crippen molar-refractivity contribution >= 4 is 42.4 Å². The van der Waals surface area contributed by atoms with Crippen molar-refractivity contribution in [2.75, 3.05) is 17.8 Å². The summed E-state index contributed by atoms with van der Waals surface area (Å²) in [7, 11) is -1.98. The maximum Gasteiger partial charge on any atom is 0.229 e. The molecular weight excluding hydrogens is 472 g/mol. The van der Waals surface area contributed by atoms with Crippen LogP contribution in [0.1, 0.15) is 29.7 Å². The van der Waals surface area contributed by atoms with Gasteiger partial charge in [0.2, 0.25) is 5.91 Å². The molecule has 0 radical (unpaired) electrons. The number of carbonyl (C=O) groups is 1. The molecule has 9 heteroatoms. The number of sulfone groups is 1. The van der Waals surface area contributed by atoms with Crippen LogP contribution in [0.15, 0.2) is 64.1 Å². The minimum atomic E-state index is -3.51. The fourth-order valence-corrected chi connectivity index (χ4v) is 6.09. The van der Waals surface area contributed by atoms with Crippen LogP contribution in [0.25, 0.3) is 10.2 Å². The highest BCUT2D eigenvalue weighted by molar-refractivity contribution is 7.91. The number of carbonyl (C=O) groups excluding carboxylic acids is 1. The third kappa shape index (κ3) is 5.31. The van der Waals surface area contributed by atoms with Crippen LogP contribution >= 0.6 is 11.3 Å². The number of furan rings is 1. The third-order valence-electron chi connectivity index (χ3n) is 5.46. The van der Waals surface area contributed by atoms with E-state index in [1.807, 2.05) is 19.9 Å². The number of amides is 1. The lowest BCUT2D eigenvalue weighted by atomic mass is 10.1. The molecule has 2 aromatic heterocycles. The number of methoxy groups -OCH3 is 1. The average molecular weight is 499 g/mol. The SMILES string of the molecule is COc1ccc(S(=O)(=O)CCCC(=O)N(Cc2ccco2)c2nc3cc(C)cc(C)c3s2)cc1. The number of benzene rings is 2. The summed E-state index contributed by atoms with van der Waals surface area (Å²) in [5.74, 6) is 0.891. The Hall–Kier alpha value is -3.17. The van der Waals surface area contributed by atoms with E-state index in [0.717, 1.165) is 21.3 Å². The second kappa shape index (κ2) is 9.99. The van der Waals surface area contributed by atoms with Crippen molar-refractivity contribution in [1.82, 2.24) is 4.98 Å². The van der Waals surface area contributed by atoms with Crippen LogP contribution in [0.5, 0.6) is 5.75 Å². The van der Waals surface area contributed by atoms with Crippen molar-refractivity contribution in [3.63, 3.8) is 0 Å². The van der Waals surface area contributed by atoms with E-state index in [2.05, 4.69) is 6.07 Å². The summed E-state index contributed by atoms with van der Waals surface area (Å²) < 4.78 is 37.0. The molecule has 0 aliphatic rings. The Labute approximate surface area is 202 Å². The monoisotopic (exact) mass is 498 g/mol. The number of aryl methyl sites for hydroxylation is 2. The number of fused-ring (bicyclic) bond motifs is 1. The van der Waals surface area contributed by atoms with Gasteiger partial charge in [0.15, 0.2) is 15.0 Å². The summed E-state index contributed by atoms with van der Waals surface area (Å²) in [6.07, 6.45) is 1.83. The highest BCUT2D eigenvalue weighted by atomic mass is 32.2. The van der Waals surface area contributed by atoms with Gasteiger partial charge in [0.25, 0.3) is 0 Å². The van der Waals surface area contributed by atoms with Gasteiger partial charge in [0.05, 0.1) is 40.8 Å². The van der Waals surface area contributed by atoms with Gasteiger partial charge in [0, 0.05) is 6.42 Å². The average Bonchev–Trinajstić information content (AvgIpc) is 3.47. The minimum Gasteiger partial charge on any atom is -0.497 e. The van der Waals surface area contributed by atoms with Gasteiger partial charge in [-0.1, -0.05) is 17.4 Å². The molecule has 0 aliphatic carbocycles. The van der Waals surface area contributed by atoms with Crippen LogP contribution in [0, 0.1) is 13.8 Å². The lowest BCUT2D eigenvalue weighted by molar-refractivity contribution is -0.118. The van der Waals surface area contributed by atoms with Gasteiger partial charge in [-0.05, 0) is 73.9 Å². The van der Waals surface area contributed by atoms with E-state index in [4.69, 9.17) is 14.1 Å². The first-order valence-corrected chi connectivity index (χ1v) is 13.3. The van der Waals surface area contributed by atoms with Gasteiger partial charge in [-0.15, -0.1) is 0 Å². The molecule has 4 aromatic rings. The second-order valence-corrected chi connectivity index (χ2v) is 11.2. The molecule has 7 nitrogen and oxygen atoms in total. The molecule has 0 saturated carbocycles. The van der Waals surface area contributed by atoms with Crippen molar-refractivity contribution in [2.24, 2.45) is 0 Å². The molecule has 0 fully saturated rings. The van der Waals surface area contributed by atoms with Crippen LogP contribution in [-0.4, -0.2) is 32.2 Å². The first kappa shape index (κ1) is 24.0. The zero-order valence-electron chi connectivity index (χ0n) is 19.3. The van der Waals surface area contributed by atoms with E-state index in [0.29, 0.717) is 16.6 Å². The summed E-state index contributed by atoms with van der Waals surface area (Å²) in [6.45, 7) is 4.27. The highest BCUT2D eigenvalue weighted by Gasteiger charge is 2.23. The minimum absolute atomic E-state index is 0.0734. The van der Waals surface area contributed by atoms with E-state index in [-0.39, 0.29) is 35.9 Å². The number of aromatic nitrogens is 1. The summed E-state index contributed by atoms with van der Waals surface area (Å²) in [5, 5.41) is 0.572. The van der Waals surface area contributed by atoms with Crippen LogP contribution < -0.4 is 9.64 Å². The van der Waals surface area contributed by atoms with E-state index in [9.17, 15) is 13.2 Å². The number of hydrogen-bond donors (Lipinski definition) is 0. The lowest BCUT2D eigenvalue weighted by Crippen LogP contribution is -2.30. The Morgan fingerprint density at radius 3 is 2.59 bits per heavy atom. The Morgan fingerprint density at radius 1 is 1.15 bits per heavy atom. The number of anilines is 1. The fraction of sp³-hybridized carbons (Fsp3) is 0.280. The van der Waals surface area contributed by atoms with Crippen molar-refractivity contribution < 1.29 is 22.4 Å². The zero-order valence-corrected chi connectivity index (χ0v) is 20.9. The quantitative estimate of drug-likeness (QED) is 0.311.